The Bertz CT molecular complexity index is 351. The molecule has 0 aromatic heterocycles. The molecule has 0 bridgehead atoms. The molecule has 0 radical (unpaired) electrons. The Balaban J connectivity index is 4.67. The maximum Gasteiger partial charge on any atom is 0.0866 e. The van der Waals surface area contributed by atoms with Gasteiger partial charge in [-0.05, 0) is 74.7 Å². The third-order valence-electron chi connectivity index (χ3n) is 4.12. The van der Waals surface area contributed by atoms with Crippen LogP contribution in [0, 0.1) is 5.92 Å². The molecule has 0 aliphatic heterocycles. The van der Waals surface area contributed by atoms with Crippen molar-refractivity contribution in [3.8, 4) is 0 Å². The summed E-state index contributed by atoms with van der Waals surface area (Å²) in [6.45, 7) is 20.1. The number of aliphatic hydroxyl groups is 2. The van der Waals surface area contributed by atoms with Gasteiger partial charge in [0, 0.05) is 6.42 Å². The second-order valence-corrected chi connectivity index (χ2v) is 9.48. The van der Waals surface area contributed by atoms with E-state index in [-0.39, 0.29) is 11.5 Å². The molecule has 0 aliphatic rings. The van der Waals surface area contributed by atoms with Crippen LogP contribution < -0.4 is 0 Å². The molecule has 0 aromatic rings. The van der Waals surface area contributed by atoms with Crippen LogP contribution in [0.3, 0.4) is 0 Å². The van der Waals surface area contributed by atoms with E-state index in [9.17, 15) is 10.2 Å². The molecule has 0 fully saturated rings. The molecule has 4 nitrogen and oxygen atoms in total. The summed E-state index contributed by atoms with van der Waals surface area (Å²) >= 11 is 0. The lowest BCUT2D eigenvalue weighted by Gasteiger charge is -2.41. The monoisotopic (exact) mass is 332 g/mol. The van der Waals surface area contributed by atoms with Crippen molar-refractivity contribution in [1.29, 1.82) is 0 Å². The largest absolute Gasteiger partial charge is 0.393 e. The van der Waals surface area contributed by atoms with Crippen molar-refractivity contribution >= 4 is 0 Å². The molecule has 0 saturated heterocycles. The van der Waals surface area contributed by atoms with Gasteiger partial charge in [-0.15, -0.1) is 0 Å². The highest BCUT2D eigenvalue weighted by atomic mass is 16.6. The normalized spacial score (nSPS) is 17.2. The van der Waals surface area contributed by atoms with Gasteiger partial charge < -0.3 is 19.7 Å². The van der Waals surface area contributed by atoms with E-state index < -0.39 is 22.9 Å². The molecule has 2 N–H and O–H groups in total. The SMILES string of the molecule is CC(O)CC(C)(C)OC(C)(C)COC(C)(C)C(C)CC(C)(C)O. The van der Waals surface area contributed by atoms with Crippen LogP contribution in [0.1, 0.15) is 82.1 Å². The van der Waals surface area contributed by atoms with Crippen molar-refractivity contribution < 1.29 is 19.7 Å². The van der Waals surface area contributed by atoms with Gasteiger partial charge >= 0.3 is 0 Å². The highest BCUT2D eigenvalue weighted by molar-refractivity contribution is 4.84. The van der Waals surface area contributed by atoms with E-state index in [0.29, 0.717) is 19.4 Å². The average molecular weight is 333 g/mol. The lowest BCUT2D eigenvalue weighted by Crippen LogP contribution is -2.45. The number of hydrogen-bond acceptors (Lipinski definition) is 4. The molecule has 0 spiro atoms. The van der Waals surface area contributed by atoms with Crippen molar-refractivity contribution in [2.45, 2.75) is 111 Å². The second kappa shape index (κ2) is 7.81. The first kappa shape index (κ1) is 22.8. The molecular formula is C19H40O4. The minimum atomic E-state index is -0.703. The van der Waals surface area contributed by atoms with Crippen LogP contribution in [-0.4, -0.2) is 45.3 Å². The number of aliphatic hydroxyl groups excluding tert-OH is 1. The summed E-state index contributed by atoms with van der Waals surface area (Å²) in [5, 5.41) is 19.6. The number of hydrogen-bond donors (Lipinski definition) is 2. The topological polar surface area (TPSA) is 58.9 Å². The molecule has 140 valence electrons. The van der Waals surface area contributed by atoms with E-state index >= 15 is 0 Å². The molecule has 2 unspecified atom stereocenters. The van der Waals surface area contributed by atoms with Crippen LogP contribution in [0.5, 0.6) is 0 Å². The van der Waals surface area contributed by atoms with Gasteiger partial charge in [-0.2, -0.15) is 0 Å². The second-order valence-electron chi connectivity index (χ2n) is 9.48. The molecular weight excluding hydrogens is 292 g/mol. The summed E-state index contributed by atoms with van der Waals surface area (Å²) < 4.78 is 12.3. The van der Waals surface area contributed by atoms with E-state index in [2.05, 4.69) is 20.8 Å². The van der Waals surface area contributed by atoms with Crippen LogP contribution in [-0.2, 0) is 9.47 Å². The van der Waals surface area contributed by atoms with Gasteiger partial charge in [-0.1, -0.05) is 6.92 Å². The van der Waals surface area contributed by atoms with Gasteiger partial charge in [0.2, 0.25) is 0 Å². The van der Waals surface area contributed by atoms with Crippen LogP contribution in [0.15, 0.2) is 0 Å². The molecule has 4 heteroatoms. The predicted octanol–water partition coefficient (Wildman–Crippen LogP) is 3.92. The Morgan fingerprint density at radius 2 is 1.30 bits per heavy atom. The maximum absolute atomic E-state index is 10.0. The third-order valence-corrected chi connectivity index (χ3v) is 4.12. The summed E-state index contributed by atoms with van der Waals surface area (Å²) in [6, 6.07) is 0. The summed E-state index contributed by atoms with van der Waals surface area (Å²) in [4.78, 5) is 0. The first-order chi connectivity index (χ1) is 9.96. The fourth-order valence-corrected chi connectivity index (χ4v) is 3.03. The highest BCUT2D eigenvalue weighted by Gasteiger charge is 2.35. The predicted molar refractivity (Wildman–Crippen MR) is 95.7 cm³/mol. The van der Waals surface area contributed by atoms with Crippen LogP contribution in [0.4, 0.5) is 0 Å². The van der Waals surface area contributed by atoms with Gasteiger partial charge in [0.05, 0.1) is 35.1 Å². The average Bonchev–Trinajstić information content (AvgIpc) is 2.20. The molecule has 0 aliphatic carbocycles. The van der Waals surface area contributed by atoms with Gasteiger partial charge in [0.25, 0.3) is 0 Å². The number of ether oxygens (including phenoxy) is 2. The highest BCUT2D eigenvalue weighted by Crippen LogP contribution is 2.31. The Morgan fingerprint density at radius 3 is 1.70 bits per heavy atom. The van der Waals surface area contributed by atoms with Crippen LogP contribution >= 0.6 is 0 Å². The summed E-state index contributed by atoms with van der Waals surface area (Å²) in [5.41, 5.74) is -1.92. The third kappa shape index (κ3) is 10.3. The Morgan fingerprint density at radius 1 is 0.826 bits per heavy atom. The van der Waals surface area contributed by atoms with E-state index in [0.717, 1.165) is 0 Å². The number of rotatable bonds is 10. The first-order valence-corrected chi connectivity index (χ1v) is 8.70. The molecule has 0 rings (SSSR count). The van der Waals surface area contributed by atoms with Crippen molar-refractivity contribution in [2.75, 3.05) is 6.61 Å². The standard InChI is InChI=1S/C19H40O4/c1-14(11-16(3,4)21)19(9,10)22-13-18(7,8)23-17(5,6)12-15(2)20/h14-15,20-21H,11-13H2,1-10H3. The summed E-state index contributed by atoms with van der Waals surface area (Å²) in [7, 11) is 0. The molecule has 2 atom stereocenters. The van der Waals surface area contributed by atoms with Crippen LogP contribution in [0.25, 0.3) is 0 Å². The van der Waals surface area contributed by atoms with E-state index in [4.69, 9.17) is 9.47 Å². The van der Waals surface area contributed by atoms with Gasteiger partial charge in [0.1, 0.15) is 0 Å². The Kier molecular flexibility index (Phi) is 7.76. The zero-order valence-corrected chi connectivity index (χ0v) is 17.0. The molecule has 0 saturated carbocycles. The minimum Gasteiger partial charge on any atom is -0.393 e. The van der Waals surface area contributed by atoms with Gasteiger partial charge in [-0.3, -0.25) is 0 Å². The lowest BCUT2D eigenvalue weighted by atomic mass is 9.83. The van der Waals surface area contributed by atoms with E-state index in [1.54, 1.807) is 6.92 Å². The molecule has 0 heterocycles. The fourth-order valence-electron chi connectivity index (χ4n) is 3.03. The van der Waals surface area contributed by atoms with E-state index in [1.807, 2.05) is 41.5 Å². The minimum absolute atomic E-state index is 0.212. The van der Waals surface area contributed by atoms with E-state index in [1.165, 1.54) is 0 Å². The fraction of sp³-hybridized carbons (Fsp3) is 1.00. The van der Waals surface area contributed by atoms with Gasteiger partial charge in [0.15, 0.2) is 0 Å². The Labute approximate surface area is 143 Å². The summed E-state index contributed by atoms with van der Waals surface area (Å²) in [6.07, 6.45) is 0.856. The Hall–Kier alpha value is -0.160. The quantitative estimate of drug-likeness (QED) is 0.636. The van der Waals surface area contributed by atoms with Crippen molar-refractivity contribution in [3.05, 3.63) is 0 Å². The lowest BCUT2D eigenvalue weighted by molar-refractivity contribution is -0.188. The van der Waals surface area contributed by atoms with Crippen molar-refractivity contribution in [2.24, 2.45) is 5.92 Å². The molecule has 23 heavy (non-hydrogen) atoms. The van der Waals surface area contributed by atoms with Crippen molar-refractivity contribution in [1.82, 2.24) is 0 Å². The zero-order chi connectivity index (χ0) is 18.7. The molecule has 0 aromatic carbocycles. The molecule has 0 amide bonds. The van der Waals surface area contributed by atoms with Crippen LogP contribution in [0.2, 0.25) is 0 Å². The van der Waals surface area contributed by atoms with Crippen molar-refractivity contribution in [3.63, 3.8) is 0 Å². The first-order valence-electron chi connectivity index (χ1n) is 8.70. The summed E-state index contributed by atoms with van der Waals surface area (Å²) in [5.74, 6) is 0.212. The maximum atomic E-state index is 10.0. The zero-order valence-electron chi connectivity index (χ0n) is 17.0. The van der Waals surface area contributed by atoms with Gasteiger partial charge in [-0.25, -0.2) is 0 Å². The smallest absolute Gasteiger partial charge is 0.0866 e.